The van der Waals surface area contributed by atoms with Crippen molar-refractivity contribution in [1.82, 2.24) is 34.6 Å². The normalized spacial score (nSPS) is 14.6. The number of hydrogen-bond donors (Lipinski definition) is 0. The van der Waals surface area contributed by atoms with Crippen molar-refractivity contribution in [3.63, 3.8) is 0 Å². The Labute approximate surface area is 179 Å². The van der Waals surface area contributed by atoms with E-state index in [1.807, 2.05) is 13.8 Å². The third kappa shape index (κ3) is 3.56. The van der Waals surface area contributed by atoms with Gasteiger partial charge in [0.1, 0.15) is 11.3 Å². The predicted octanol–water partition coefficient (Wildman–Crippen LogP) is 4.38. The van der Waals surface area contributed by atoms with Crippen LogP contribution >= 0.6 is 11.6 Å². The van der Waals surface area contributed by atoms with Crippen LogP contribution in [0.5, 0.6) is 0 Å². The molecule has 31 heavy (non-hydrogen) atoms. The van der Waals surface area contributed by atoms with Gasteiger partial charge in [-0.15, -0.1) is 10.2 Å². The minimum absolute atomic E-state index is 0.0414. The zero-order valence-corrected chi connectivity index (χ0v) is 17.4. The van der Waals surface area contributed by atoms with E-state index in [9.17, 15) is 13.2 Å². The lowest BCUT2D eigenvalue weighted by molar-refractivity contribution is -0.142. The molecule has 1 saturated carbocycles. The molecule has 4 aromatic rings. The van der Waals surface area contributed by atoms with E-state index in [4.69, 9.17) is 16.0 Å². The number of hydrogen-bond acceptors (Lipinski definition) is 6. The van der Waals surface area contributed by atoms with Gasteiger partial charge in [0, 0.05) is 24.6 Å². The summed E-state index contributed by atoms with van der Waals surface area (Å²) in [5, 5.41) is 16.9. The van der Waals surface area contributed by atoms with Crippen LogP contribution in [0.2, 0.25) is 5.02 Å². The second-order valence-electron chi connectivity index (χ2n) is 7.59. The molecule has 8 nitrogen and oxygen atoms in total. The molecule has 162 valence electrons. The van der Waals surface area contributed by atoms with Crippen molar-refractivity contribution in [2.75, 3.05) is 0 Å². The van der Waals surface area contributed by atoms with Gasteiger partial charge in [-0.2, -0.15) is 23.4 Å². The Morgan fingerprint density at radius 3 is 2.65 bits per heavy atom. The number of aryl methyl sites for hydroxylation is 3. The van der Waals surface area contributed by atoms with Gasteiger partial charge in [0.05, 0.1) is 22.6 Å². The number of aromatic nitrogens is 7. The van der Waals surface area contributed by atoms with Crippen LogP contribution in [0.25, 0.3) is 17.1 Å². The van der Waals surface area contributed by atoms with Gasteiger partial charge in [-0.25, -0.2) is 9.50 Å². The van der Waals surface area contributed by atoms with Gasteiger partial charge in [-0.1, -0.05) is 11.6 Å². The highest BCUT2D eigenvalue weighted by Gasteiger charge is 2.38. The van der Waals surface area contributed by atoms with Crippen molar-refractivity contribution in [2.45, 2.75) is 51.7 Å². The maximum absolute atomic E-state index is 13.6. The second-order valence-corrected chi connectivity index (χ2v) is 7.97. The fraction of sp³-hybridized carbons (Fsp3) is 0.421. The number of alkyl halides is 3. The molecule has 1 aliphatic rings. The van der Waals surface area contributed by atoms with Gasteiger partial charge in [-0.05, 0) is 32.8 Å². The molecule has 0 spiro atoms. The Bertz CT molecular complexity index is 1290. The predicted molar refractivity (Wildman–Crippen MR) is 104 cm³/mol. The molecule has 0 aromatic carbocycles. The van der Waals surface area contributed by atoms with Crippen LogP contribution in [0.4, 0.5) is 13.2 Å². The average Bonchev–Trinajstić information content (AvgIpc) is 3.24. The van der Waals surface area contributed by atoms with Crippen LogP contribution < -0.4 is 0 Å². The summed E-state index contributed by atoms with van der Waals surface area (Å²) in [6.45, 7) is 4.15. The summed E-state index contributed by atoms with van der Waals surface area (Å²) in [4.78, 5) is 4.42. The first kappa shape index (κ1) is 20.0. The Morgan fingerprint density at radius 1 is 1.23 bits per heavy atom. The molecule has 4 aromatic heterocycles. The van der Waals surface area contributed by atoms with Crippen molar-refractivity contribution < 1.29 is 17.6 Å². The molecule has 0 amide bonds. The zero-order chi connectivity index (χ0) is 21.9. The fourth-order valence-electron chi connectivity index (χ4n) is 3.48. The van der Waals surface area contributed by atoms with Crippen molar-refractivity contribution in [3.8, 4) is 11.5 Å². The van der Waals surface area contributed by atoms with E-state index in [0.29, 0.717) is 29.6 Å². The molecule has 0 radical (unpaired) electrons. The maximum atomic E-state index is 13.6. The number of halogens is 4. The molecule has 0 N–H and O–H groups in total. The van der Waals surface area contributed by atoms with E-state index in [0.717, 1.165) is 34.8 Å². The molecule has 0 saturated heterocycles. The highest BCUT2D eigenvalue weighted by molar-refractivity contribution is 6.31. The number of fused-ring (bicyclic) bond motifs is 1. The molecule has 1 fully saturated rings. The van der Waals surface area contributed by atoms with E-state index in [2.05, 4.69) is 25.4 Å². The highest BCUT2D eigenvalue weighted by atomic mass is 35.5. The number of nitrogens with zero attached hydrogens (tertiary/aromatic N) is 7. The minimum atomic E-state index is -4.56. The van der Waals surface area contributed by atoms with Crippen molar-refractivity contribution in [2.24, 2.45) is 0 Å². The van der Waals surface area contributed by atoms with Gasteiger partial charge >= 0.3 is 6.18 Å². The molecule has 12 heteroatoms. The topological polar surface area (TPSA) is 86.9 Å². The molecule has 4 heterocycles. The maximum Gasteiger partial charge on any atom is 0.433 e. The molecule has 0 unspecified atom stereocenters. The van der Waals surface area contributed by atoms with Crippen LogP contribution in [-0.4, -0.2) is 34.6 Å². The van der Waals surface area contributed by atoms with Crippen LogP contribution in [-0.2, 0) is 19.1 Å². The summed E-state index contributed by atoms with van der Waals surface area (Å²) >= 11 is 6.16. The van der Waals surface area contributed by atoms with Crippen LogP contribution in [0.1, 0.15) is 47.4 Å². The summed E-state index contributed by atoms with van der Waals surface area (Å²) in [6.07, 6.45) is -1.25. The lowest BCUT2D eigenvalue weighted by Crippen LogP contribution is -2.14. The van der Waals surface area contributed by atoms with Gasteiger partial charge in [0.2, 0.25) is 5.89 Å². The molecule has 5 rings (SSSR count). The smallest absolute Gasteiger partial charge is 0.420 e. The third-order valence-electron chi connectivity index (χ3n) is 5.31. The highest BCUT2D eigenvalue weighted by Crippen LogP contribution is 2.42. The summed E-state index contributed by atoms with van der Waals surface area (Å²) < 4.78 is 48.9. The van der Waals surface area contributed by atoms with Crippen LogP contribution in [0.3, 0.4) is 0 Å². The molecule has 1 aliphatic carbocycles. The summed E-state index contributed by atoms with van der Waals surface area (Å²) in [6, 6.07) is 1.07. The molecule has 0 atom stereocenters. The van der Waals surface area contributed by atoms with Gasteiger partial charge in [0.25, 0.3) is 5.89 Å². The molecule has 0 bridgehead atoms. The average molecular weight is 452 g/mol. The summed E-state index contributed by atoms with van der Waals surface area (Å²) in [7, 11) is 0. The summed E-state index contributed by atoms with van der Waals surface area (Å²) in [5.41, 5.74) is 1.42. The summed E-state index contributed by atoms with van der Waals surface area (Å²) in [5.74, 6) is 0.442. The van der Waals surface area contributed by atoms with Crippen LogP contribution in [0, 0.1) is 13.8 Å². The van der Waals surface area contributed by atoms with E-state index < -0.39 is 11.9 Å². The molecular formula is C19H17ClF3N7O. The largest absolute Gasteiger partial charge is 0.433 e. The Kier molecular flexibility index (Phi) is 4.54. The minimum Gasteiger partial charge on any atom is -0.420 e. The van der Waals surface area contributed by atoms with E-state index >= 15 is 0 Å². The van der Waals surface area contributed by atoms with Crippen molar-refractivity contribution in [3.05, 3.63) is 46.0 Å². The van der Waals surface area contributed by atoms with Gasteiger partial charge < -0.3 is 4.42 Å². The molecule has 0 aliphatic heterocycles. The monoisotopic (exact) mass is 451 g/mol. The van der Waals surface area contributed by atoms with Gasteiger partial charge in [-0.3, -0.25) is 4.68 Å². The number of rotatable bonds is 5. The lowest BCUT2D eigenvalue weighted by Gasteiger charge is -2.10. The van der Waals surface area contributed by atoms with Crippen molar-refractivity contribution in [1.29, 1.82) is 0 Å². The Balaban J connectivity index is 1.47. The quantitative estimate of drug-likeness (QED) is 0.447. The SMILES string of the molecule is Cc1nn(CCc2nnc(-c3cnn4c(C(F)(F)F)cc(C5CC5)nc34)o2)c(C)c1Cl. The van der Waals surface area contributed by atoms with E-state index in [1.54, 1.807) is 4.68 Å². The first-order valence-corrected chi connectivity index (χ1v) is 10.1. The zero-order valence-electron chi connectivity index (χ0n) is 16.6. The van der Waals surface area contributed by atoms with E-state index in [1.165, 1.54) is 6.20 Å². The van der Waals surface area contributed by atoms with Crippen molar-refractivity contribution >= 4 is 17.2 Å². The third-order valence-corrected chi connectivity index (χ3v) is 5.85. The van der Waals surface area contributed by atoms with Crippen LogP contribution in [0.15, 0.2) is 16.7 Å². The van der Waals surface area contributed by atoms with E-state index in [-0.39, 0.29) is 23.0 Å². The Morgan fingerprint density at radius 2 is 2.00 bits per heavy atom. The molecular weight excluding hydrogens is 435 g/mol. The Hall–Kier alpha value is -2.95. The fourth-order valence-corrected chi connectivity index (χ4v) is 3.62. The first-order chi connectivity index (χ1) is 14.7. The first-order valence-electron chi connectivity index (χ1n) is 9.70. The standard InChI is InChI=1S/C19H17ClF3N7O/c1-9-16(20)10(2)29(28-9)6-5-15-26-27-18(31-15)12-8-24-30-14(19(21,22)23)7-13(11-3-4-11)25-17(12)30/h7-8,11H,3-6H2,1-2H3. The lowest BCUT2D eigenvalue weighted by atomic mass is 10.2. The van der Waals surface area contributed by atoms with Gasteiger partial charge in [0.15, 0.2) is 5.65 Å². The second kappa shape index (κ2) is 7.04.